The second kappa shape index (κ2) is 7.65. The number of nitrogens with zero attached hydrogens (tertiary/aromatic N) is 1. The predicted molar refractivity (Wildman–Crippen MR) is 96.0 cm³/mol. The lowest BCUT2D eigenvalue weighted by molar-refractivity contribution is -0.129. The molecule has 0 N–H and O–H groups in total. The first kappa shape index (κ1) is 17.4. The van der Waals surface area contributed by atoms with Crippen LogP contribution in [0.3, 0.4) is 0 Å². The van der Waals surface area contributed by atoms with E-state index in [2.05, 4.69) is 4.99 Å². The van der Waals surface area contributed by atoms with E-state index in [-0.39, 0.29) is 11.6 Å². The molecule has 0 fully saturated rings. The van der Waals surface area contributed by atoms with Crippen molar-refractivity contribution in [2.24, 2.45) is 4.99 Å². The third-order valence-corrected chi connectivity index (χ3v) is 3.69. The first-order valence-corrected chi connectivity index (χ1v) is 8.05. The molecule has 0 aromatic heterocycles. The van der Waals surface area contributed by atoms with Crippen molar-refractivity contribution in [2.45, 2.75) is 6.92 Å². The molecule has 0 bridgehead atoms. The Bertz CT molecular complexity index is 897. The molecule has 0 unspecified atom stereocenters. The Morgan fingerprint density at radius 3 is 2.58 bits per heavy atom. The lowest BCUT2D eigenvalue weighted by Crippen LogP contribution is -2.06. The standard InChI is InChI=1S/C20H17NO5/c1-3-25-15-10-8-13(9-11-15)18-21-17(20(23)26-18)12-14-6-4-5-7-16(14)19(22)24-2/h4-12H,3H2,1-2H3. The van der Waals surface area contributed by atoms with E-state index in [0.29, 0.717) is 23.3 Å². The van der Waals surface area contributed by atoms with Crippen molar-refractivity contribution in [3.05, 3.63) is 70.9 Å². The Labute approximate surface area is 150 Å². The summed E-state index contributed by atoms with van der Waals surface area (Å²) in [7, 11) is 1.30. The number of benzene rings is 2. The second-order valence-corrected chi connectivity index (χ2v) is 5.37. The smallest absolute Gasteiger partial charge is 0.363 e. The number of hydrogen-bond acceptors (Lipinski definition) is 6. The van der Waals surface area contributed by atoms with Gasteiger partial charge in [0.1, 0.15) is 5.75 Å². The Morgan fingerprint density at radius 2 is 1.88 bits per heavy atom. The molecule has 26 heavy (non-hydrogen) atoms. The summed E-state index contributed by atoms with van der Waals surface area (Å²) in [5.41, 5.74) is 1.65. The van der Waals surface area contributed by atoms with Crippen molar-refractivity contribution in [1.82, 2.24) is 0 Å². The highest BCUT2D eigenvalue weighted by Crippen LogP contribution is 2.22. The molecule has 1 aliphatic heterocycles. The van der Waals surface area contributed by atoms with Crippen LogP contribution in [-0.4, -0.2) is 31.6 Å². The number of carbonyl (C=O) groups is 2. The van der Waals surface area contributed by atoms with Gasteiger partial charge >= 0.3 is 11.9 Å². The van der Waals surface area contributed by atoms with Crippen LogP contribution in [0.5, 0.6) is 5.75 Å². The first-order valence-electron chi connectivity index (χ1n) is 8.05. The summed E-state index contributed by atoms with van der Waals surface area (Å²) in [5, 5.41) is 0. The zero-order chi connectivity index (χ0) is 18.5. The van der Waals surface area contributed by atoms with Crippen molar-refractivity contribution >= 4 is 23.9 Å². The van der Waals surface area contributed by atoms with Crippen LogP contribution in [0, 0.1) is 0 Å². The molecular formula is C20H17NO5. The molecule has 0 radical (unpaired) electrons. The highest BCUT2D eigenvalue weighted by molar-refractivity contribution is 6.13. The molecule has 3 rings (SSSR count). The van der Waals surface area contributed by atoms with E-state index < -0.39 is 11.9 Å². The van der Waals surface area contributed by atoms with Gasteiger partial charge in [-0.05, 0) is 48.9 Å². The van der Waals surface area contributed by atoms with Gasteiger partial charge in [-0.3, -0.25) is 0 Å². The molecule has 0 spiro atoms. The molecule has 0 saturated heterocycles. The maximum atomic E-state index is 12.1. The van der Waals surface area contributed by atoms with Gasteiger partial charge in [0.2, 0.25) is 5.90 Å². The fourth-order valence-electron chi connectivity index (χ4n) is 2.46. The zero-order valence-electron chi connectivity index (χ0n) is 14.4. The summed E-state index contributed by atoms with van der Waals surface area (Å²) in [6.45, 7) is 2.47. The average molecular weight is 351 g/mol. The minimum absolute atomic E-state index is 0.116. The summed E-state index contributed by atoms with van der Waals surface area (Å²) in [6, 6.07) is 13.9. The minimum Gasteiger partial charge on any atom is -0.494 e. The zero-order valence-corrected chi connectivity index (χ0v) is 14.4. The van der Waals surface area contributed by atoms with E-state index in [0.717, 1.165) is 5.75 Å². The van der Waals surface area contributed by atoms with Gasteiger partial charge in [-0.25, -0.2) is 14.6 Å². The summed E-state index contributed by atoms with van der Waals surface area (Å²) in [4.78, 5) is 28.2. The van der Waals surface area contributed by atoms with E-state index >= 15 is 0 Å². The maximum Gasteiger partial charge on any atom is 0.363 e. The number of cyclic esters (lactones) is 1. The fraction of sp³-hybridized carbons (Fsp3) is 0.150. The van der Waals surface area contributed by atoms with Crippen molar-refractivity contribution in [2.75, 3.05) is 13.7 Å². The maximum absolute atomic E-state index is 12.1. The number of hydrogen-bond donors (Lipinski definition) is 0. The first-order chi connectivity index (χ1) is 12.6. The van der Waals surface area contributed by atoms with Crippen LogP contribution in [0.1, 0.15) is 28.4 Å². The summed E-state index contributed by atoms with van der Waals surface area (Å²) >= 11 is 0. The van der Waals surface area contributed by atoms with Crippen LogP contribution >= 0.6 is 0 Å². The quantitative estimate of drug-likeness (QED) is 0.611. The van der Waals surface area contributed by atoms with Gasteiger partial charge in [-0.2, -0.15) is 0 Å². The molecule has 6 nitrogen and oxygen atoms in total. The summed E-state index contributed by atoms with van der Waals surface area (Å²) < 4.78 is 15.4. The van der Waals surface area contributed by atoms with Gasteiger partial charge in [0.05, 0.1) is 19.3 Å². The number of ether oxygens (including phenoxy) is 3. The number of esters is 2. The number of methoxy groups -OCH3 is 1. The highest BCUT2D eigenvalue weighted by atomic mass is 16.6. The van der Waals surface area contributed by atoms with Crippen molar-refractivity contribution < 1.29 is 23.8 Å². The van der Waals surface area contributed by atoms with E-state index in [4.69, 9.17) is 14.2 Å². The van der Waals surface area contributed by atoms with Gasteiger partial charge < -0.3 is 14.2 Å². The summed E-state index contributed by atoms with van der Waals surface area (Å²) in [5.74, 6) is -0.128. The minimum atomic E-state index is -0.575. The Kier molecular flexibility index (Phi) is 5.12. The molecule has 0 saturated carbocycles. The third kappa shape index (κ3) is 3.64. The van der Waals surface area contributed by atoms with Crippen molar-refractivity contribution in [3.63, 3.8) is 0 Å². The summed E-state index contributed by atoms with van der Waals surface area (Å²) in [6.07, 6.45) is 1.51. The molecule has 0 atom stereocenters. The number of carbonyl (C=O) groups excluding carboxylic acids is 2. The normalized spacial score (nSPS) is 14.8. The van der Waals surface area contributed by atoms with Gasteiger partial charge in [0.25, 0.3) is 0 Å². The van der Waals surface area contributed by atoms with Crippen LogP contribution in [0.15, 0.2) is 59.2 Å². The van der Waals surface area contributed by atoms with E-state index in [9.17, 15) is 9.59 Å². The number of rotatable bonds is 5. The van der Waals surface area contributed by atoms with Crippen LogP contribution < -0.4 is 4.74 Å². The predicted octanol–water partition coefficient (Wildman–Crippen LogP) is 3.22. The molecule has 2 aromatic rings. The average Bonchev–Trinajstić information content (AvgIpc) is 3.03. The molecule has 1 aliphatic rings. The lowest BCUT2D eigenvalue weighted by atomic mass is 10.1. The molecule has 0 aliphatic carbocycles. The SMILES string of the molecule is CCOc1ccc(C2=NC(=Cc3ccccc3C(=O)OC)C(=O)O2)cc1. The van der Waals surface area contributed by atoms with E-state index in [1.165, 1.54) is 13.2 Å². The number of aliphatic imine (C=N–C) groups is 1. The van der Waals surface area contributed by atoms with Gasteiger partial charge in [0.15, 0.2) is 5.70 Å². The van der Waals surface area contributed by atoms with E-state index in [1.54, 1.807) is 48.5 Å². The largest absolute Gasteiger partial charge is 0.494 e. The topological polar surface area (TPSA) is 74.2 Å². The van der Waals surface area contributed by atoms with Crippen molar-refractivity contribution in [1.29, 1.82) is 0 Å². The highest BCUT2D eigenvalue weighted by Gasteiger charge is 2.25. The van der Waals surface area contributed by atoms with Crippen LogP contribution in [0.2, 0.25) is 0 Å². The third-order valence-electron chi connectivity index (χ3n) is 3.69. The van der Waals surface area contributed by atoms with Gasteiger partial charge in [0, 0.05) is 5.56 Å². The molecule has 2 aromatic carbocycles. The van der Waals surface area contributed by atoms with Crippen LogP contribution in [0.4, 0.5) is 0 Å². The molecular weight excluding hydrogens is 334 g/mol. The van der Waals surface area contributed by atoms with Crippen LogP contribution in [-0.2, 0) is 14.3 Å². The van der Waals surface area contributed by atoms with Gasteiger partial charge in [-0.1, -0.05) is 18.2 Å². The second-order valence-electron chi connectivity index (χ2n) is 5.37. The monoisotopic (exact) mass is 351 g/mol. The Balaban J connectivity index is 1.91. The van der Waals surface area contributed by atoms with Crippen molar-refractivity contribution in [3.8, 4) is 5.75 Å². The fourth-order valence-corrected chi connectivity index (χ4v) is 2.46. The molecule has 0 amide bonds. The Hall–Kier alpha value is -3.41. The molecule has 132 valence electrons. The molecule has 6 heteroatoms. The lowest BCUT2D eigenvalue weighted by Gasteiger charge is -2.03. The van der Waals surface area contributed by atoms with Gasteiger partial charge in [-0.15, -0.1) is 0 Å². The molecule has 1 heterocycles. The van der Waals surface area contributed by atoms with E-state index in [1.807, 2.05) is 6.92 Å². The van der Waals surface area contributed by atoms with Crippen LogP contribution in [0.25, 0.3) is 6.08 Å². The Morgan fingerprint density at radius 1 is 1.15 bits per heavy atom.